The quantitative estimate of drug-likeness (QED) is 0.670. The van der Waals surface area contributed by atoms with Gasteiger partial charge in [0.25, 0.3) is 5.91 Å². The van der Waals surface area contributed by atoms with Crippen LogP contribution in [-0.2, 0) is 0 Å². The number of aromatic nitrogens is 1. The van der Waals surface area contributed by atoms with Crippen LogP contribution >= 0.6 is 0 Å². The van der Waals surface area contributed by atoms with Crippen LogP contribution in [-0.4, -0.2) is 60.2 Å². The molecule has 0 radical (unpaired) electrons. The number of pyridine rings is 1. The molecule has 20 heavy (non-hydrogen) atoms. The third-order valence-electron chi connectivity index (χ3n) is 3.51. The molecule has 0 aliphatic carbocycles. The molecule has 2 rings (SSSR count). The van der Waals surface area contributed by atoms with Gasteiger partial charge in [-0.25, -0.2) is 4.98 Å². The SMILES string of the molecule is NC(=O)c1cc(N2CCCN(CCO)CC2)ncc1N. The minimum atomic E-state index is -0.539. The minimum Gasteiger partial charge on any atom is -0.397 e. The number of nitrogen functional groups attached to an aromatic ring is 1. The number of hydrogen-bond donors (Lipinski definition) is 3. The van der Waals surface area contributed by atoms with Gasteiger partial charge in [-0.1, -0.05) is 0 Å². The van der Waals surface area contributed by atoms with Gasteiger partial charge in [0.2, 0.25) is 0 Å². The zero-order valence-electron chi connectivity index (χ0n) is 11.5. The Balaban J connectivity index is 2.11. The number of amides is 1. The minimum absolute atomic E-state index is 0.173. The number of rotatable bonds is 4. The number of carbonyl (C=O) groups excluding carboxylic acids is 1. The summed E-state index contributed by atoms with van der Waals surface area (Å²) >= 11 is 0. The van der Waals surface area contributed by atoms with Crippen LogP contribution in [0.3, 0.4) is 0 Å². The lowest BCUT2D eigenvalue weighted by Gasteiger charge is -2.23. The highest BCUT2D eigenvalue weighted by atomic mass is 16.3. The van der Waals surface area contributed by atoms with Crippen molar-refractivity contribution in [1.29, 1.82) is 0 Å². The Bertz CT molecular complexity index is 480. The van der Waals surface area contributed by atoms with E-state index in [1.807, 2.05) is 0 Å². The van der Waals surface area contributed by atoms with Gasteiger partial charge in [-0.2, -0.15) is 0 Å². The number of anilines is 2. The molecular formula is C13H21N5O2. The lowest BCUT2D eigenvalue weighted by molar-refractivity contribution is 0.100. The van der Waals surface area contributed by atoms with Crippen molar-refractivity contribution in [3.8, 4) is 0 Å². The van der Waals surface area contributed by atoms with Gasteiger partial charge >= 0.3 is 0 Å². The monoisotopic (exact) mass is 279 g/mol. The van der Waals surface area contributed by atoms with Gasteiger partial charge in [0.15, 0.2) is 0 Å². The summed E-state index contributed by atoms with van der Waals surface area (Å²) in [6.07, 6.45) is 2.46. The molecule has 5 N–H and O–H groups in total. The maximum absolute atomic E-state index is 11.3. The summed E-state index contributed by atoms with van der Waals surface area (Å²) in [5, 5.41) is 8.99. The molecule has 1 aromatic heterocycles. The van der Waals surface area contributed by atoms with E-state index in [9.17, 15) is 4.79 Å². The number of carbonyl (C=O) groups is 1. The van der Waals surface area contributed by atoms with E-state index in [4.69, 9.17) is 16.6 Å². The summed E-state index contributed by atoms with van der Waals surface area (Å²) in [5.41, 5.74) is 11.6. The van der Waals surface area contributed by atoms with Crippen LogP contribution in [0.5, 0.6) is 0 Å². The zero-order chi connectivity index (χ0) is 14.5. The van der Waals surface area contributed by atoms with E-state index in [-0.39, 0.29) is 6.61 Å². The molecule has 1 fully saturated rings. The number of β-amino-alcohol motifs (C(OH)–C–C–N with tert-alkyl or cyclic N) is 1. The Morgan fingerprint density at radius 2 is 2.15 bits per heavy atom. The highest BCUT2D eigenvalue weighted by Gasteiger charge is 2.17. The number of primary amides is 1. The summed E-state index contributed by atoms with van der Waals surface area (Å²) < 4.78 is 0. The molecule has 7 heteroatoms. The normalized spacial score (nSPS) is 16.9. The first-order valence-electron chi connectivity index (χ1n) is 6.75. The molecule has 1 saturated heterocycles. The fraction of sp³-hybridized carbons (Fsp3) is 0.538. The molecule has 1 aromatic rings. The Kier molecular flexibility index (Phi) is 4.75. The van der Waals surface area contributed by atoms with Crippen molar-refractivity contribution in [2.24, 2.45) is 5.73 Å². The molecule has 1 aliphatic heterocycles. The summed E-state index contributed by atoms with van der Waals surface area (Å²) in [6, 6.07) is 1.65. The van der Waals surface area contributed by atoms with Gasteiger partial charge in [-0.05, 0) is 19.0 Å². The Hall–Kier alpha value is -1.86. The predicted molar refractivity (Wildman–Crippen MR) is 77.5 cm³/mol. The van der Waals surface area contributed by atoms with Gasteiger partial charge in [0.05, 0.1) is 24.1 Å². The van der Waals surface area contributed by atoms with E-state index in [0.717, 1.165) is 38.4 Å². The first-order valence-corrected chi connectivity index (χ1v) is 6.75. The second-order valence-electron chi connectivity index (χ2n) is 4.90. The highest BCUT2D eigenvalue weighted by Crippen LogP contribution is 2.19. The summed E-state index contributed by atoms with van der Waals surface area (Å²) in [5.74, 6) is 0.182. The highest BCUT2D eigenvalue weighted by molar-refractivity contribution is 5.98. The van der Waals surface area contributed by atoms with E-state index >= 15 is 0 Å². The molecule has 1 amide bonds. The smallest absolute Gasteiger partial charge is 0.250 e. The molecule has 0 aromatic carbocycles. The van der Waals surface area contributed by atoms with Crippen LogP contribution in [0.25, 0.3) is 0 Å². The molecule has 2 heterocycles. The van der Waals surface area contributed by atoms with Crippen molar-refractivity contribution in [3.05, 3.63) is 17.8 Å². The molecule has 7 nitrogen and oxygen atoms in total. The zero-order valence-corrected chi connectivity index (χ0v) is 11.5. The van der Waals surface area contributed by atoms with Crippen molar-refractivity contribution >= 4 is 17.4 Å². The van der Waals surface area contributed by atoms with E-state index in [1.165, 1.54) is 6.20 Å². The molecule has 0 spiro atoms. The van der Waals surface area contributed by atoms with Crippen LogP contribution in [0.4, 0.5) is 11.5 Å². The van der Waals surface area contributed by atoms with Crippen LogP contribution < -0.4 is 16.4 Å². The van der Waals surface area contributed by atoms with Gasteiger partial charge in [-0.3, -0.25) is 9.69 Å². The summed E-state index contributed by atoms with van der Waals surface area (Å²) in [6.45, 7) is 4.33. The predicted octanol–water partition coefficient (Wildman–Crippen LogP) is -0.733. The number of aliphatic hydroxyl groups is 1. The average molecular weight is 279 g/mol. The third-order valence-corrected chi connectivity index (χ3v) is 3.51. The third kappa shape index (κ3) is 3.37. The first kappa shape index (κ1) is 14.5. The Morgan fingerprint density at radius 3 is 2.85 bits per heavy atom. The van der Waals surface area contributed by atoms with Crippen molar-refractivity contribution in [3.63, 3.8) is 0 Å². The number of aliphatic hydroxyl groups excluding tert-OH is 1. The lowest BCUT2D eigenvalue weighted by Crippen LogP contribution is -2.33. The largest absolute Gasteiger partial charge is 0.397 e. The number of nitrogens with two attached hydrogens (primary N) is 2. The molecular weight excluding hydrogens is 258 g/mol. The van der Waals surface area contributed by atoms with Crippen LogP contribution in [0.1, 0.15) is 16.8 Å². The van der Waals surface area contributed by atoms with Crippen molar-refractivity contribution in [1.82, 2.24) is 9.88 Å². The van der Waals surface area contributed by atoms with Gasteiger partial charge in [0, 0.05) is 26.2 Å². The lowest BCUT2D eigenvalue weighted by atomic mass is 10.2. The van der Waals surface area contributed by atoms with E-state index in [2.05, 4.69) is 14.8 Å². The molecule has 0 atom stereocenters. The second kappa shape index (κ2) is 6.53. The van der Waals surface area contributed by atoms with Crippen LogP contribution in [0.15, 0.2) is 12.3 Å². The van der Waals surface area contributed by atoms with Crippen LogP contribution in [0.2, 0.25) is 0 Å². The molecule has 1 aliphatic rings. The van der Waals surface area contributed by atoms with Crippen molar-refractivity contribution < 1.29 is 9.90 Å². The number of hydrogen-bond acceptors (Lipinski definition) is 6. The van der Waals surface area contributed by atoms with E-state index in [0.29, 0.717) is 17.8 Å². The molecule has 0 unspecified atom stereocenters. The maximum atomic E-state index is 11.3. The molecule has 0 bridgehead atoms. The van der Waals surface area contributed by atoms with Crippen molar-refractivity contribution in [2.45, 2.75) is 6.42 Å². The van der Waals surface area contributed by atoms with Gasteiger partial charge in [0.1, 0.15) is 5.82 Å². The summed E-state index contributed by atoms with van der Waals surface area (Å²) in [7, 11) is 0. The summed E-state index contributed by atoms with van der Waals surface area (Å²) in [4.78, 5) is 19.9. The number of nitrogens with zero attached hydrogens (tertiary/aromatic N) is 3. The van der Waals surface area contributed by atoms with Crippen LogP contribution in [0, 0.1) is 0 Å². The first-order chi connectivity index (χ1) is 9.61. The standard InChI is InChI=1S/C13H21N5O2/c14-11-9-16-12(8-10(11)13(15)20)18-3-1-2-17(4-5-18)6-7-19/h8-9,19H,1-7,14H2,(H2,15,20). The van der Waals surface area contributed by atoms with E-state index in [1.54, 1.807) is 6.07 Å². The molecule has 110 valence electrons. The Morgan fingerprint density at radius 1 is 1.35 bits per heavy atom. The average Bonchev–Trinajstić information content (AvgIpc) is 2.65. The van der Waals surface area contributed by atoms with Crippen molar-refractivity contribution in [2.75, 3.05) is 50.0 Å². The molecule has 0 saturated carbocycles. The topological polar surface area (TPSA) is 109 Å². The second-order valence-corrected chi connectivity index (χ2v) is 4.90. The van der Waals surface area contributed by atoms with Gasteiger partial charge in [-0.15, -0.1) is 0 Å². The van der Waals surface area contributed by atoms with Gasteiger partial charge < -0.3 is 21.5 Å². The Labute approximate surface area is 118 Å². The fourth-order valence-corrected chi connectivity index (χ4v) is 2.41. The maximum Gasteiger partial charge on any atom is 0.250 e. The van der Waals surface area contributed by atoms with E-state index < -0.39 is 5.91 Å². The fourth-order valence-electron chi connectivity index (χ4n) is 2.41.